The van der Waals surface area contributed by atoms with E-state index in [0.717, 1.165) is 4.31 Å². The Bertz CT molecular complexity index is 730. The Balaban J connectivity index is 2.45. The zero-order valence-corrected chi connectivity index (χ0v) is 12.7. The van der Waals surface area contributed by atoms with E-state index >= 15 is 0 Å². The zero-order valence-electron chi connectivity index (χ0n) is 11.1. The van der Waals surface area contributed by atoms with Crippen LogP contribution in [0.4, 0.5) is 0 Å². The van der Waals surface area contributed by atoms with Gasteiger partial charge in [-0.3, -0.25) is 0 Å². The molecule has 1 heterocycles. The normalized spacial score (nSPS) is 12.2. The summed E-state index contributed by atoms with van der Waals surface area (Å²) in [6.45, 7) is -0.770. The largest absolute Gasteiger partial charge is 0.395 e. The van der Waals surface area contributed by atoms with Gasteiger partial charge in [-0.1, -0.05) is 11.6 Å². The first-order valence-electron chi connectivity index (χ1n) is 6.27. The summed E-state index contributed by atoms with van der Waals surface area (Å²) in [6.07, 6.45) is 0. The number of benzene rings is 1. The van der Waals surface area contributed by atoms with E-state index in [1.165, 1.54) is 12.1 Å². The minimum atomic E-state index is -3.77. The third kappa shape index (κ3) is 3.50. The number of halogens is 1. The van der Waals surface area contributed by atoms with Crippen molar-refractivity contribution < 1.29 is 18.6 Å². The van der Waals surface area contributed by atoms with Crippen LogP contribution in [0.2, 0.25) is 5.15 Å². The summed E-state index contributed by atoms with van der Waals surface area (Å²) < 4.78 is 26.0. The van der Waals surface area contributed by atoms with Gasteiger partial charge in [0.2, 0.25) is 10.0 Å². The van der Waals surface area contributed by atoms with Gasteiger partial charge >= 0.3 is 0 Å². The van der Waals surface area contributed by atoms with Gasteiger partial charge in [-0.25, -0.2) is 13.4 Å². The summed E-state index contributed by atoms with van der Waals surface area (Å²) in [7, 11) is -3.77. The number of hydrogen-bond acceptors (Lipinski definition) is 5. The molecule has 0 atom stereocenters. The lowest BCUT2D eigenvalue weighted by Gasteiger charge is -2.20. The highest BCUT2D eigenvalue weighted by atomic mass is 35.5. The molecule has 2 rings (SSSR count). The smallest absolute Gasteiger partial charge is 0.243 e. The lowest BCUT2D eigenvalue weighted by molar-refractivity contribution is 0.217. The molecule has 114 valence electrons. The van der Waals surface area contributed by atoms with Crippen molar-refractivity contribution in [3.63, 3.8) is 0 Å². The van der Waals surface area contributed by atoms with Crippen LogP contribution in [0.15, 0.2) is 35.2 Å². The number of sulfonamides is 1. The third-order valence-electron chi connectivity index (χ3n) is 2.96. The number of fused-ring (bicyclic) bond motifs is 1. The standard InChI is InChI=1S/C13H15ClN2O4S/c14-13-4-1-10-9-11(2-3-12(10)15-13)21(19,20)16(5-7-17)6-8-18/h1-4,9,17-18H,5-8H2. The van der Waals surface area contributed by atoms with E-state index in [1.54, 1.807) is 18.2 Å². The number of nitrogens with zero attached hydrogens (tertiary/aromatic N) is 2. The molecule has 1 aromatic heterocycles. The molecule has 1 aromatic carbocycles. The summed E-state index contributed by atoms with van der Waals surface area (Å²) in [5, 5.41) is 18.9. The number of hydrogen-bond donors (Lipinski definition) is 2. The maximum Gasteiger partial charge on any atom is 0.243 e. The fraction of sp³-hybridized carbons (Fsp3) is 0.308. The molecular weight excluding hydrogens is 316 g/mol. The molecule has 0 spiro atoms. The monoisotopic (exact) mass is 330 g/mol. The predicted octanol–water partition coefficient (Wildman–Crippen LogP) is 0.863. The Labute approximate surface area is 127 Å². The molecule has 0 unspecified atom stereocenters. The van der Waals surface area contributed by atoms with Crippen molar-refractivity contribution in [2.45, 2.75) is 4.90 Å². The second kappa shape index (κ2) is 6.67. The average Bonchev–Trinajstić information content (AvgIpc) is 2.46. The van der Waals surface area contributed by atoms with Crippen LogP contribution >= 0.6 is 11.6 Å². The maximum absolute atomic E-state index is 12.5. The first-order chi connectivity index (χ1) is 9.98. The molecule has 0 amide bonds. The summed E-state index contributed by atoms with van der Waals surface area (Å²) in [4.78, 5) is 4.18. The minimum Gasteiger partial charge on any atom is -0.395 e. The summed E-state index contributed by atoms with van der Waals surface area (Å²) in [5.74, 6) is 0. The van der Waals surface area contributed by atoms with Crippen LogP contribution in [-0.4, -0.2) is 54.2 Å². The Kier molecular flexibility index (Phi) is 5.13. The van der Waals surface area contributed by atoms with E-state index in [1.807, 2.05) is 0 Å². The Hall–Kier alpha value is -1.25. The molecule has 2 aromatic rings. The van der Waals surface area contributed by atoms with Gasteiger partial charge in [0.25, 0.3) is 0 Å². The first-order valence-corrected chi connectivity index (χ1v) is 8.09. The Morgan fingerprint density at radius 1 is 1.10 bits per heavy atom. The van der Waals surface area contributed by atoms with Crippen LogP contribution in [0.25, 0.3) is 10.9 Å². The van der Waals surface area contributed by atoms with Crippen molar-refractivity contribution in [2.24, 2.45) is 0 Å². The van der Waals surface area contributed by atoms with E-state index in [-0.39, 0.29) is 31.2 Å². The highest BCUT2D eigenvalue weighted by Crippen LogP contribution is 2.22. The van der Waals surface area contributed by atoms with Crippen molar-refractivity contribution in [3.05, 3.63) is 35.5 Å². The SMILES string of the molecule is O=S(=O)(c1ccc2nc(Cl)ccc2c1)N(CCO)CCO. The van der Waals surface area contributed by atoms with Crippen molar-refractivity contribution in [1.29, 1.82) is 0 Å². The van der Waals surface area contributed by atoms with E-state index in [9.17, 15) is 8.42 Å². The molecule has 0 aliphatic heterocycles. The van der Waals surface area contributed by atoms with Crippen LogP contribution in [0.5, 0.6) is 0 Å². The van der Waals surface area contributed by atoms with E-state index in [4.69, 9.17) is 21.8 Å². The van der Waals surface area contributed by atoms with Gasteiger partial charge < -0.3 is 10.2 Å². The molecule has 6 nitrogen and oxygen atoms in total. The summed E-state index contributed by atoms with van der Waals surface area (Å²) in [5.41, 5.74) is 0.595. The Morgan fingerprint density at radius 2 is 1.76 bits per heavy atom. The number of aromatic nitrogens is 1. The second-order valence-corrected chi connectivity index (χ2v) is 6.66. The Morgan fingerprint density at radius 3 is 2.38 bits per heavy atom. The second-order valence-electron chi connectivity index (χ2n) is 4.34. The highest BCUT2D eigenvalue weighted by molar-refractivity contribution is 7.89. The predicted molar refractivity (Wildman–Crippen MR) is 79.7 cm³/mol. The van der Waals surface area contributed by atoms with Gasteiger partial charge in [-0.05, 0) is 30.3 Å². The number of rotatable bonds is 6. The molecule has 0 fully saturated rings. The highest BCUT2D eigenvalue weighted by Gasteiger charge is 2.23. The van der Waals surface area contributed by atoms with Crippen molar-refractivity contribution in [3.8, 4) is 0 Å². The number of aliphatic hydroxyl groups is 2. The van der Waals surface area contributed by atoms with Gasteiger partial charge in [-0.2, -0.15) is 4.31 Å². The summed E-state index contributed by atoms with van der Waals surface area (Å²) >= 11 is 5.79. The van der Waals surface area contributed by atoms with E-state index in [2.05, 4.69) is 4.98 Å². The van der Waals surface area contributed by atoms with Crippen LogP contribution in [-0.2, 0) is 10.0 Å². The van der Waals surface area contributed by atoms with Gasteiger partial charge in [0.15, 0.2) is 0 Å². The minimum absolute atomic E-state index is 0.0696. The lowest BCUT2D eigenvalue weighted by atomic mass is 10.2. The van der Waals surface area contributed by atoms with Crippen LogP contribution in [0.1, 0.15) is 0 Å². The molecule has 0 aliphatic rings. The lowest BCUT2D eigenvalue weighted by Crippen LogP contribution is -2.35. The molecule has 0 saturated heterocycles. The van der Waals surface area contributed by atoms with Crippen LogP contribution < -0.4 is 0 Å². The average molecular weight is 331 g/mol. The molecule has 0 bridgehead atoms. The molecule has 0 radical (unpaired) electrons. The van der Waals surface area contributed by atoms with Gasteiger partial charge in [0.05, 0.1) is 23.6 Å². The van der Waals surface area contributed by atoms with Crippen molar-refractivity contribution in [2.75, 3.05) is 26.3 Å². The maximum atomic E-state index is 12.5. The van der Waals surface area contributed by atoms with E-state index < -0.39 is 10.0 Å². The molecular formula is C13H15ClN2O4S. The molecule has 8 heteroatoms. The summed E-state index contributed by atoms with van der Waals surface area (Å²) in [6, 6.07) is 7.77. The molecule has 0 saturated carbocycles. The van der Waals surface area contributed by atoms with Crippen LogP contribution in [0, 0.1) is 0 Å². The fourth-order valence-electron chi connectivity index (χ4n) is 1.96. The zero-order chi connectivity index (χ0) is 15.5. The number of aliphatic hydroxyl groups excluding tert-OH is 2. The molecule has 21 heavy (non-hydrogen) atoms. The van der Waals surface area contributed by atoms with Crippen molar-refractivity contribution in [1.82, 2.24) is 9.29 Å². The molecule has 0 aliphatic carbocycles. The van der Waals surface area contributed by atoms with Gasteiger partial charge in [0.1, 0.15) is 5.15 Å². The quantitative estimate of drug-likeness (QED) is 0.767. The third-order valence-corrected chi connectivity index (χ3v) is 5.07. The number of pyridine rings is 1. The topological polar surface area (TPSA) is 90.7 Å². The van der Waals surface area contributed by atoms with Gasteiger partial charge in [0, 0.05) is 18.5 Å². The molecule has 2 N–H and O–H groups in total. The van der Waals surface area contributed by atoms with Gasteiger partial charge in [-0.15, -0.1) is 0 Å². The van der Waals surface area contributed by atoms with Crippen LogP contribution in [0.3, 0.4) is 0 Å². The fourth-order valence-corrected chi connectivity index (χ4v) is 3.58. The first kappa shape index (κ1) is 16.1. The van der Waals surface area contributed by atoms with E-state index in [0.29, 0.717) is 16.1 Å². The van der Waals surface area contributed by atoms with Crippen molar-refractivity contribution >= 4 is 32.5 Å².